The highest BCUT2D eigenvalue weighted by molar-refractivity contribution is 7.15. The Kier molecular flexibility index (Phi) is 3.07. The monoisotopic (exact) mass is 201 g/mol. The maximum absolute atomic E-state index is 10.2. The van der Waals surface area contributed by atoms with Gasteiger partial charge in [0.15, 0.2) is 5.13 Å². The number of hydrogen-bond acceptors (Lipinski definition) is 4. The molecule has 13 heavy (non-hydrogen) atoms. The molecule has 0 fully saturated rings. The third kappa shape index (κ3) is 2.90. The summed E-state index contributed by atoms with van der Waals surface area (Å²) in [4.78, 5) is 17.1. The van der Waals surface area contributed by atoms with Crippen molar-refractivity contribution in [1.82, 2.24) is 10.3 Å². The molecular weight excluding hydrogens is 190 g/mol. The van der Waals surface area contributed by atoms with Gasteiger partial charge >= 0.3 is 6.09 Å². The molecule has 1 amide bonds. The first kappa shape index (κ1) is 9.79. The van der Waals surface area contributed by atoms with Gasteiger partial charge in [0, 0.05) is 25.2 Å². The van der Waals surface area contributed by atoms with Gasteiger partial charge in [-0.05, 0) is 0 Å². The lowest BCUT2D eigenvalue weighted by molar-refractivity contribution is 0.194. The zero-order valence-corrected chi connectivity index (χ0v) is 8.26. The Bertz CT molecular complexity index is 298. The summed E-state index contributed by atoms with van der Waals surface area (Å²) >= 11 is 1.47. The second-order valence-electron chi connectivity index (χ2n) is 2.66. The van der Waals surface area contributed by atoms with Crippen molar-refractivity contribution in [1.29, 1.82) is 0 Å². The van der Waals surface area contributed by atoms with Gasteiger partial charge in [-0.1, -0.05) is 0 Å². The van der Waals surface area contributed by atoms with Crippen molar-refractivity contribution in [2.45, 2.75) is 6.54 Å². The van der Waals surface area contributed by atoms with Gasteiger partial charge in [-0.25, -0.2) is 9.78 Å². The van der Waals surface area contributed by atoms with Crippen LogP contribution in [0.15, 0.2) is 6.20 Å². The lowest BCUT2D eigenvalue weighted by atomic mass is 10.5. The SMILES string of the molecule is CN(C)c1ncc(CNC(=O)O)s1. The lowest BCUT2D eigenvalue weighted by Crippen LogP contribution is -2.19. The van der Waals surface area contributed by atoms with Crippen molar-refractivity contribution in [3.63, 3.8) is 0 Å². The van der Waals surface area contributed by atoms with Crippen LogP contribution in [0.3, 0.4) is 0 Å². The van der Waals surface area contributed by atoms with E-state index >= 15 is 0 Å². The number of nitrogens with one attached hydrogen (secondary N) is 1. The van der Waals surface area contributed by atoms with Crippen LogP contribution in [0, 0.1) is 0 Å². The molecule has 0 atom stereocenters. The Morgan fingerprint density at radius 3 is 2.92 bits per heavy atom. The summed E-state index contributed by atoms with van der Waals surface area (Å²) in [5, 5.41) is 11.5. The van der Waals surface area contributed by atoms with Gasteiger partial charge in [-0.3, -0.25) is 0 Å². The largest absolute Gasteiger partial charge is 0.465 e. The molecule has 0 radical (unpaired) electrons. The molecule has 0 aliphatic heterocycles. The molecule has 1 aromatic heterocycles. The van der Waals surface area contributed by atoms with Crippen LogP contribution in [0.4, 0.5) is 9.93 Å². The first-order chi connectivity index (χ1) is 6.09. The Morgan fingerprint density at radius 2 is 2.46 bits per heavy atom. The molecule has 1 aromatic rings. The van der Waals surface area contributed by atoms with Gasteiger partial charge in [-0.15, -0.1) is 11.3 Å². The number of thiazole rings is 1. The predicted octanol–water partition coefficient (Wildman–Crippen LogP) is 0.977. The second kappa shape index (κ2) is 4.08. The topological polar surface area (TPSA) is 65.5 Å². The molecule has 0 saturated carbocycles. The average molecular weight is 201 g/mol. The van der Waals surface area contributed by atoms with Crippen molar-refractivity contribution >= 4 is 22.6 Å². The molecule has 0 aromatic carbocycles. The third-order valence-electron chi connectivity index (χ3n) is 1.34. The number of aromatic nitrogens is 1. The first-order valence-electron chi connectivity index (χ1n) is 3.68. The van der Waals surface area contributed by atoms with Crippen molar-refractivity contribution < 1.29 is 9.90 Å². The summed E-state index contributed by atoms with van der Waals surface area (Å²) in [6.07, 6.45) is 0.662. The molecular formula is C7H11N3O2S. The van der Waals surface area contributed by atoms with E-state index in [0.29, 0.717) is 6.54 Å². The van der Waals surface area contributed by atoms with Gasteiger partial charge in [0.25, 0.3) is 0 Å². The van der Waals surface area contributed by atoms with Crippen LogP contribution in [-0.4, -0.2) is 30.3 Å². The van der Waals surface area contributed by atoms with Gasteiger partial charge in [0.05, 0.1) is 6.54 Å². The fourth-order valence-corrected chi connectivity index (χ4v) is 1.52. The highest BCUT2D eigenvalue weighted by Gasteiger charge is 2.03. The van der Waals surface area contributed by atoms with Crippen molar-refractivity contribution in [2.75, 3.05) is 19.0 Å². The molecule has 1 rings (SSSR count). The Morgan fingerprint density at radius 1 is 1.77 bits per heavy atom. The molecule has 0 spiro atoms. The van der Waals surface area contributed by atoms with E-state index < -0.39 is 6.09 Å². The maximum atomic E-state index is 10.2. The van der Waals surface area contributed by atoms with E-state index in [2.05, 4.69) is 10.3 Å². The summed E-state index contributed by atoms with van der Waals surface area (Å²) < 4.78 is 0. The van der Waals surface area contributed by atoms with Crippen molar-refractivity contribution in [2.24, 2.45) is 0 Å². The number of anilines is 1. The van der Waals surface area contributed by atoms with Gasteiger partial charge in [-0.2, -0.15) is 0 Å². The molecule has 2 N–H and O–H groups in total. The molecule has 72 valence electrons. The van der Waals surface area contributed by atoms with Crippen LogP contribution in [0.25, 0.3) is 0 Å². The van der Waals surface area contributed by atoms with Gasteiger partial charge in [0.1, 0.15) is 0 Å². The zero-order chi connectivity index (χ0) is 9.84. The molecule has 0 aliphatic carbocycles. The maximum Gasteiger partial charge on any atom is 0.404 e. The molecule has 0 saturated heterocycles. The van der Waals surface area contributed by atoms with E-state index in [1.54, 1.807) is 6.20 Å². The van der Waals surface area contributed by atoms with Crippen molar-refractivity contribution in [3.05, 3.63) is 11.1 Å². The van der Waals surface area contributed by atoms with Crippen LogP contribution in [0.1, 0.15) is 4.88 Å². The van der Waals surface area contributed by atoms with Crippen LogP contribution in [0.2, 0.25) is 0 Å². The van der Waals surface area contributed by atoms with E-state index in [1.807, 2.05) is 19.0 Å². The summed E-state index contributed by atoms with van der Waals surface area (Å²) in [5.74, 6) is 0. The minimum atomic E-state index is -1.01. The molecule has 0 aliphatic rings. The number of nitrogens with zero attached hydrogens (tertiary/aromatic N) is 2. The van der Waals surface area contributed by atoms with E-state index in [0.717, 1.165) is 10.0 Å². The van der Waals surface area contributed by atoms with Crippen LogP contribution in [-0.2, 0) is 6.54 Å². The van der Waals surface area contributed by atoms with Gasteiger partial charge in [0.2, 0.25) is 0 Å². The fraction of sp³-hybridized carbons (Fsp3) is 0.429. The first-order valence-corrected chi connectivity index (χ1v) is 4.50. The van der Waals surface area contributed by atoms with Crippen molar-refractivity contribution in [3.8, 4) is 0 Å². The number of carboxylic acid groups (broad SMARTS) is 1. The molecule has 6 heteroatoms. The Labute approximate surface area is 80.0 Å². The summed E-state index contributed by atoms with van der Waals surface area (Å²) in [7, 11) is 3.79. The third-order valence-corrected chi connectivity index (χ3v) is 2.50. The number of carbonyl (C=O) groups is 1. The molecule has 1 heterocycles. The summed E-state index contributed by atoms with van der Waals surface area (Å²) in [6, 6.07) is 0. The van der Waals surface area contributed by atoms with Crippen LogP contribution in [0.5, 0.6) is 0 Å². The van der Waals surface area contributed by atoms with E-state index in [9.17, 15) is 4.79 Å². The quantitative estimate of drug-likeness (QED) is 0.765. The van der Waals surface area contributed by atoms with E-state index in [1.165, 1.54) is 11.3 Å². The number of rotatable bonds is 3. The fourth-order valence-electron chi connectivity index (χ4n) is 0.748. The normalized spacial score (nSPS) is 9.69. The van der Waals surface area contributed by atoms with Crippen LogP contribution >= 0.6 is 11.3 Å². The van der Waals surface area contributed by atoms with E-state index in [4.69, 9.17) is 5.11 Å². The highest BCUT2D eigenvalue weighted by Crippen LogP contribution is 2.19. The van der Waals surface area contributed by atoms with Gasteiger partial charge < -0.3 is 15.3 Å². The van der Waals surface area contributed by atoms with E-state index in [-0.39, 0.29) is 0 Å². The smallest absolute Gasteiger partial charge is 0.404 e. The highest BCUT2D eigenvalue weighted by atomic mass is 32.1. The molecule has 0 bridgehead atoms. The Balaban J connectivity index is 2.54. The second-order valence-corrected chi connectivity index (χ2v) is 3.76. The lowest BCUT2D eigenvalue weighted by Gasteiger charge is -2.05. The van der Waals surface area contributed by atoms with Crippen LogP contribution < -0.4 is 10.2 Å². The summed E-state index contributed by atoms with van der Waals surface area (Å²) in [6.45, 7) is 0.320. The summed E-state index contributed by atoms with van der Waals surface area (Å²) in [5.41, 5.74) is 0. The number of hydrogen-bond donors (Lipinski definition) is 2. The Hall–Kier alpha value is -1.30. The predicted molar refractivity (Wildman–Crippen MR) is 51.3 cm³/mol. The zero-order valence-electron chi connectivity index (χ0n) is 7.44. The average Bonchev–Trinajstić information content (AvgIpc) is 2.48. The minimum Gasteiger partial charge on any atom is -0.465 e. The molecule has 5 nitrogen and oxygen atoms in total. The number of amides is 1. The minimum absolute atomic E-state index is 0.320. The standard InChI is InChI=1S/C7H11N3O2S/c1-10(2)6-8-3-5(13-6)4-9-7(11)12/h3,9H,4H2,1-2H3,(H,11,12). The molecule has 0 unspecified atom stereocenters.